The Labute approximate surface area is 122 Å². The number of thioether (sulfide) groups is 1. The van der Waals surface area contributed by atoms with E-state index in [9.17, 15) is 9.59 Å². The SMILES string of the molecule is CSCCCC(NC(=O)OCc1ccccc1)C(=O)O. The Bertz CT molecular complexity index is 424. The third-order valence-corrected chi connectivity index (χ3v) is 3.34. The Morgan fingerprint density at radius 1 is 1.35 bits per heavy atom. The van der Waals surface area contributed by atoms with Gasteiger partial charge in [-0.25, -0.2) is 9.59 Å². The highest BCUT2D eigenvalue weighted by atomic mass is 32.2. The molecule has 110 valence electrons. The van der Waals surface area contributed by atoms with Crippen LogP contribution < -0.4 is 5.32 Å². The molecule has 0 aliphatic heterocycles. The molecule has 0 saturated carbocycles. The standard InChI is InChI=1S/C14H19NO4S/c1-20-9-5-8-12(13(16)17)15-14(18)19-10-11-6-3-2-4-7-11/h2-4,6-7,12H,5,8-10H2,1H3,(H,15,18)(H,16,17). The molecular formula is C14H19NO4S. The van der Waals surface area contributed by atoms with E-state index in [4.69, 9.17) is 9.84 Å². The number of nitrogens with one attached hydrogen (secondary N) is 1. The molecule has 2 N–H and O–H groups in total. The van der Waals surface area contributed by atoms with Gasteiger partial charge in [0.2, 0.25) is 0 Å². The number of hydrogen-bond acceptors (Lipinski definition) is 4. The third kappa shape index (κ3) is 6.47. The molecule has 1 amide bonds. The number of carboxylic acids is 1. The zero-order valence-electron chi connectivity index (χ0n) is 11.4. The predicted octanol–water partition coefficient (Wildman–Crippen LogP) is 2.51. The van der Waals surface area contributed by atoms with Gasteiger partial charge < -0.3 is 15.2 Å². The molecule has 0 aliphatic rings. The average Bonchev–Trinajstić information content (AvgIpc) is 2.45. The topological polar surface area (TPSA) is 75.6 Å². The van der Waals surface area contributed by atoms with E-state index < -0.39 is 18.1 Å². The van der Waals surface area contributed by atoms with Crippen LogP contribution in [0, 0.1) is 0 Å². The van der Waals surface area contributed by atoms with Crippen molar-refractivity contribution in [2.24, 2.45) is 0 Å². The van der Waals surface area contributed by atoms with Crippen LogP contribution in [0.25, 0.3) is 0 Å². The Morgan fingerprint density at radius 2 is 2.05 bits per heavy atom. The summed E-state index contributed by atoms with van der Waals surface area (Å²) in [7, 11) is 0. The molecule has 20 heavy (non-hydrogen) atoms. The van der Waals surface area contributed by atoms with Crippen LogP contribution in [0.5, 0.6) is 0 Å². The normalized spacial score (nSPS) is 11.7. The highest BCUT2D eigenvalue weighted by Gasteiger charge is 2.19. The maximum atomic E-state index is 11.6. The highest BCUT2D eigenvalue weighted by Crippen LogP contribution is 2.05. The number of aliphatic carboxylic acids is 1. The van der Waals surface area contributed by atoms with E-state index in [1.165, 1.54) is 0 Å². The van der Waals surface area contributed by atoms with Gasteiger partial charge in [0.1, 0.15) is 12.6 Å². The van der Waals surface area contributed by atoms with Gasteiger partial charge in [-0.05, 0) is 30.4 Å². The molecule has 0 aromatic heterocycles. The van der Waals surface area contributed by atoms with Gasteiger partial charge in [-0.15, -0.1) is 0 Å². The fourth-order valence-electron chi connectivity index (χ4n) is 1.60. The quantitative estimate of drug-likeness (QED) is 0.721. The molecule has 0 aliphatic carbocycles. The van der Waals surface area contributed by atoms with E-state index in [-0.39, 0.29) is 6.61 Å². The van der Waals surface area contributed by atoms with Crippen molar-refractivity contribution in [2.45, 2.75) is 25.5 Å². The van der Waals surface area contributed by atoms with Gasteiger partial charge in [-0.1, -0.05) is 30.3 Å². The minimum Gasteiger partial charge on any atom is -0.480 e. The van der Waals surface area contributed by atoms with Crippen molar-refractivity contribution in [2.75, 3.05) is 12.0 Å². The monoisotopic (exact) mass is 297 g/mol. The summed E-state index contributed by atoms with van der Waals surface area (Å²) < 4.78 is 5.00. The molecule has 1 rings (SSSR count). The number of carbonyl (C=O) groups excluding carboxylic acids is 1. The van der Waals surface area contributed by atoms with Crippen molar-refractivity contribution in [3.05, 3.63) is 35.9 Å². The first-order valence-electron chi connectivity index (χ1n) is 6.32. The number of carboxylic acid groups (broad SMARTS) is 1. The lowest BCUT2D eigenvalue weighted by Gasteiger charge is -2.14. The molecule has 1 unspecified atom stereocenters. The second-order valence-electron chi connectivity index (χ2n) is 4.23. The molecule has 1 aromatic rings. The van der Waals surface area contributed by atoms with Crippen molar-refractivity contribution in [1.29, 1.82) is 0 Å². The summed E-state index contributed by atoms with van der Waals surface area (Å²) in [4.78, 5) is 22.6. The highest BCUT2D eigenvalue weighted by molar-refractivity contribution is 7.98. The van der Waals surface area contributed by atoms with Crippen LogP contribution in [0.4, 0.5) is 4.79 Å². The van der Waals surface area contributed by atoms with Gasteiger partial charge in [0.05, 0.1) is 0 Å². The first-order valence-corrected chi connectivity index (χ1v) is 7.72. The summed E-state index contributed by atoms with van der Waals surface area (Å²) in [5, 5.41) is 11.4. The van der Waals surface area contributed by atoms with Crippen molar-refractivity contribution >= 4 is 23.8 Å². The van der Waals surface area contributed by atoms with Crippen molar-refractivity contribution in [1.82, 2.24) is 5.32 Å². The zero-order chi connectivity index (χ0) is 14.8. The number of rotatable bonds is 8. The number of hydrogen-bond donors (Lipinski definition) is 2. The lowest BCUT2D eigenvalue weighted by molar-refractivity contribution is -0.139. The van der Waals surface area contributed by atoms with Crippen LogP contribution in [0.3, 0.4) is 0 Å². The van der Waals surface area contributed by atoms with Crippen LogP contribution in [-0.4, -0.2) is 35.2 Å². The second-order valence-corrected chi connectivity index (χ2v) is 5.22. The van der Waals surface area contributed by atoms with E-state index in [1.807, 2.05) is 36.6 Å². The van der Waals surface area contributed by atoms with Crippen molar-refractivity contribution < 1.29 is 19.4 Å². The molecule has 6 heteroatoms. The van der Waals surface area contributed by atoms with E-state index in [0.717, 1.165) is 17.7 Å². The van der Waals surface area contributed by atoms with E-state index in [2.05, 4.69) is 5.32 Å². The molecule has 0 saturated heterocycles. The molecule has 0 spiro atoms. The summed E-state index contributed by atoms with van der Waals surface area (Å²) >= 11 is 1.64. The first-order chi connectivity index (χ1) is 9.63. The number of amides is 1. The molecule has 0 bridgehead atoms. The van der Waals surface area contributed by atoms with E-state index in [0.29, 0.717) is 6.42 Å². The number of ether oxygens (including phenoxy) is 1. The minimum atomic E-state index is -1.04. The van der Waals surface area contributed by atoms with Crippen LogP contribution in [0.1, 0.15) is 18.4 Å². The largest absolute Gasteiger partial charge is 0.480 e. The summed E-state index contributed by atoms with van der Waals surface area (Å²) in [5.74, 6) is -0.174. The van der Waals surface area contributed by atoms with Crippen LogP contribution in [0.15, 0.2) is 30.3 Å². The number of benzene rings is 1. The molecule has 1 atom stereocenters. The lowest BCUT2D eigenvalue weighted by Crippen LogP contribution is -2.41. The fourth-order valence-corrected chi connectivity index (χ4v) is 2.05. The van der Waals surface area contributed by atoms with Crippen molar-refractivity contribution in [3.63, 3.8) is 0 Å². The average molecular weight is 297 g/mol. The summed E-state index contributed by atoms with van der Waals surface area (Å²) in [6, 6.07) is 8.33. The summed E-state index contributed by atoms with van der Waals surface area (Å²) in [6.45, 7) is 0.129. The van der Waals surface area contributed by atoms with Gasteiger partial charge in [-0.3, -0.25) is 0 Å². The van der Waals surface area contributed by atoms with Gasteiger partial charge in [0.15, 0.2) is 0 Å². The first kappa shape index (κ1) is 16.4. The van der Waals surface area contributed by atoms with Gasteiger partial charge >= 0.3 is 12.1 Å². The third-order valence-electron chi connectivity index (χ3n) is 2.64. The van der Waals surface area contributed by atoms with Gasteiger partial charge in [-0.2, -0.15) is 11.8 Å². The molecule has 5 nitrogen and oxygen atoms in total. The molecule has 0 fully saturated rings. The van der Waals surface area contributed by atoms with E-state index >= 15 is 0 Å². The van der Waals surface area contributed by atoms with Crippen molar-refractivity contribution in [3.8, 4) is 0 Å². The van der Waals surface area contributed by atoms with Gasteiger partial charge in [0.25, 0.3) is 0 Å². The summed E-state index contributed by atoms with van der Waals surface area (Å²) in [6.07, 6.45) is 2.38. The minimum absolute atomic E-state index is 0.129. The Balaban J connectivity index is 2.36. The lowest BCUT2D eigenvalue weighted by atomic mass is 10.2. The molecule has 1 aromatic carbocycles. The maximum Gasteiger partial charge on any atom is 0.408 e. The Kier molecular flexibility index (Phi) is 7.57. The Hall–Kier alpha value is -1.69. The number of alkyl carbamates (subject to hydrolysis) is 1. The maximum absolute atomic E-state index is 11.6. The zero-order valence-corrected chi connectivity index (χ0v) is 12.2. The Morgan fingerprint density at radius 3 is 2.65 bits per heavy atom. The molecular weight excluding hydrogens is 278 g/mol. The molecule has 0 heterocycles. The smallest absolute Gasteiger partial charge is 0.408 e. The number of carbonyl (C=O) groups is 2. The van der Waals surface area contributed by atoms with Crippen LogP contribution >= 0.6 is 11.8 Å². The van der Waals surface area contributed by atoms with E-state index in [1.54, 1.807) is 11.8 Å². The van der Waals surface area contributed by atoms with Crippen LogP contribution in [0.2, 0.25) is 0 Å². The second kappa shape index (κ2) is 9.25. The molecule has 0 radical (unpaired) electrons. The van der Waals surface area contributed by atoms with Gasteiger partial charge in [0, 0.05) is 0 Å². The fraction of sp³-hybridized carbons (Fsp3) is 0.429. The predicted molar refractivity (Wildman–Crippen MR) is 78.8 cm³/mol. The summed E-state index contributed by atoms with van der Waals surface area (Å²) in [5.41, 5.74) is 0.858. The van der Waals surface area contributed by atoms with Crippen LogP contribution in [-0.2, 0) is 16.1 Å².